The fraction of sp³-hybridized carbons (Fsp3) is 0.750. The van der Waals surface area contributed by atoms with Gasteiger partial charge in [0.2, 0.25) is 0 Å². The average Bonchev–Trinajstić information content (AvgIpc) is 2.96. The second-order valence-corrected chi connectivity index (χ2v) is 5.31. The number of nitrogens with one attached hydrogen (secondary N) is 1. The molecule has 0 aromatic carbocycles. The number of likely N-dealkylation sites (tertiary alicyclic amines) is 1. The first-order valence-electron chi connectivity index (χ1n) is 6.13. The first-order valence-corrected chi connectivity index (χ1v) is 7.07. The molecule has 3 nitrogen and oxygen atoms in total. The lowest BCUT2D eigenvalue weighted by molar-refractivity contribution is 0.336. The monoisotopic (exact) mass is 239 g/mol. The van der Waals surface area contributed by atoms with Crippen LogP contribution in [0, 0.1) is 5.92 Å². The molecule has 90 valence electrons. The lowest BCUT2D eigenvalue weighted by Gasteiger charge is -2.16. The Labute approximate surface area is 102 Å². The summed E-state index contributed by atoms with van der Waals surface area (Å²) in [5, 5.41) is 5.72. The Morgan fingerprint density at radius 1 is 1.69 bits per heavy atom. The van der Waals surface area contributed by atoms with Gasteiger partial charge >= 0.3 is 0 Å². The van der Waals surface area contributed by atoms with E-state index < -0.39 is 0 Å². The van der Waals surface area contributed by atoms with Gasteiger partial charge in [0.1, 0.15) is 0 Å². The molecule has 16 heavy (non-hydrogen) atoms. The Morgan fingerprint density at radius 3 is 3.19 bits per heavy atom. The van der Waals surface area contributed by atoms with Crippen molar-refractivity contribution in [3.63, 3.8) is 0 Å². The van der Waals surface area contributed by atoms with Gasteiger partial charge in [0, 0.05) is 18.0 Å². The third kappa shape index (κ3) is 3.03. The highest BCUT2D eigenvalue weighted by atomic mass is 32.1. The second kappa shape index (κ2) is 5.75. The molecule has 0 saturated carbocycles. The normalized spacial score (nSPS) is 23.8. The third-order valence-electron chi connectivity index (χ3n) is 3.42. The van der Waals surface area contributed by atoms with Crippen LogP contribution in [0.4, 0.5) is 0 Å². The van der Waals surface area contributed by atoms with Crippen LogP contribution in [0.15, 0.2) is 10.9 Å². The number of rotatable bonds is 5. The standard InChI is InChI=1S/C12H21N3S/c1-3-15-5-4-11(7-15)6-13-10(2)12-8-16-9-14-12/h8-11,13H,3-7H2,1-2H3. The lowest BCUT2D eigenvalue weighted by Crippen LogP contribution is -2.28. The minimum atomic E-state index is 0.391. The predicted molar refractivity (Wildman–Crippen MR) is 68.8 cm³/mol. The van der Waals surface area contributed by atoms with Crippen molar-refractivity contribution in [2.75, 3.05) is 26.2 Å². The van der Waals surface area contributed by atoms with Crippen molar-refractivity contribution in [2.45, 2.75) is 26.3 Å². The molecule has 1 aromatic heterocycles. The summed E-state index contributed by atoms with van der Waals surface area (Å²) in [5.41, 5.74) is 3.08. The summed E-state index contributed by atoms with van der Waals surface area (Å²) in [6, 6.07) is 0.391. The van der Waals surface area contributed by atoms with Crippen LogP contribution in [0.2, 0.25) is 0 Å². The van der Waals surface area contributed by atoms with Gasteiger partial charge in [-0.05, 0) is 38.9 Å². The molecular formula is C12H21N3S. The highest BCUT2D eigenvalue weighted by molar-refractivity contribution is 7.07. The maximum atomic E-state index is 4.34. The van der Waals surface area contributed by atoms with E-state index in [1.807, 2.05) is 5.51 Å². The molecule has 1 aliphatic rings. The fourth-order valence-electron chi connectivity index (χ4n) is 2.25. The molecule has 2 rings (SSSR count). The van der Waals surface area contributed by atoms with Crippen LogP contribution in [0.1, 0.15) is 32.0 Å². The van der Waals surface area contributed by atoms with Gasteiger partial charge in [-0.1, -0.05) is 6.92 Å². The molecular weight excluding hydrogens is 218 g/mol. The van der Waals surface area contributed by atoms with Crippen LogP contribution >= 0.6 is 11.3 Å². The highest BCUT2D eigenvalue weighted by Crippen LogP contribution is 2.17. The summed E-state index contributed by atoms with van der Waals surface area (Å²) in [4.78, 5) is 6.87. The van der Waals surface area contributed by atoms with Crippen LogP contribution in [-0.2, 0) is 0 Å². The van der Waals surface area contributed by atoms with Crippen LogP contribution in [0.25, 0.3) is 0 Å². The zero-order valence-corrected chi connectivity index (χ0v) is 11.0. The van der Waals surface area contributed by atoms with Crippen molar-refractivity contribution < 1.29 is 0 Å². The van der Waals surface area contributed by atoms with E-state index in [0.29, 0.717) is 6.04 Å². The highest BCUT2D eigenvalue weighted by Gasteiger charge is 2.21. The first kappa shape index (κ1) is 12.0. The summed E-state index contributed by atoms with van der Waals surface area (Å²) < 4.78 is 0. The van der Waals surface area contributed by atoms with E-state index in [1.165, 1.54) is 31.7 Å². The van der Waals surface area contributed by atoms with Crippen LogP contribution in [0.3, 0.4) is 0 Å². The molecule has 2 atom stereocenters. The zero-order valence-electron chi connectivity index (χ0n) is 10.1. The maximum absolute atomic E-state index is 4.34. The third-order valence-corrected chi connectivity index (χ3v) is 4.03. The number of thiazole rings is 1. The topological polar surface area (TPSA) is 28.2 Å². The SMILES string of the molecule is CCN1CCC(CNC(C)c2cscn2)C1. The molecule has 0 bridgehead atoms. The Balaban J connectivity index is 1.72. The molecule has 1 saturated heterocycles. The predicted octanol–water partition coefficient (Wildman–Crippen LogP) is 2.14. The second-order valence-electron chi connectivity index (χ2n) is 4.59. The molecule has 2 heterocycles. The van der Waals surface area contributed by atoms with Crippen molar-refractivity contribution in [2.24, 2.45) is 5.92 Å². The Kier molecular flexibility index (Phi) is 4.32. The Morgan fingerprint density at radius 2 is 2.56 bits per heavy atom. The van der Waals surface area contributed by atoms with Gasteiger partial charge in [-0.25, -0.2) is 4.98 Å². The van der Waals surface area contributed by atoms with Crippen molar-refractivity contribution in [3.05, 3.63) is 16.6 Å². The first-order chi connectivity index (χ1) is 7.79. The molecule has 4 heteroatoms. The lowest BCUT2D eigenvalue weighted by atomic mass is 10.1. The van der Waals surface area contributed by atoms with Crippen molar-refractivity contribution in [1.29, 1.82) is 0 Å². The van der Waals surface area contributed by atoms with Gasteiger partial charge in [0.25, 0.3) is 0 Å². The molecule has 0 aliphatic carbocycles. The van der Waals surface area contributed by atoms with Crippen LogP contribution in [-0.4, -0.2) is 36.1 Å². The van der Waals surface area contributed by atoms with E-state index in [4.69, 9.17) is 0 Å². The Bertz CT molecular complexity index is 299. The van der Waals surface area contributed by atoms with Gasteiger partial charge in [-0.15, -0.1) is 11.3 Å². The summed E-state index contributed by atoms with van der Waals surface area (Å²) in [6.07, 6.45) is 1.34. The van der Waals surface area contributed by atoms with Gasteiger partial charge in [-0.2, -0.15) is 0 Å². The molecule has 0 spiro atoms. The number of hydrogen-bond donors (Lipinski definition) is 1. The zero-order chi connectivity index (χ0) is 11.4. The fourth-order valence-corrected chi connectivity index (χ4v) is 2.90. The molecule has 1 aromatic rings. The van der Waals surface area contributed by atoms with E-state index in [2.05, 4.69) is 34.4 Å². The molecule has 2 unspecified atom stereocenters. The van der Waals surface area contributed by atoms with Crippen LogP contribution < -0.4 is 5.32 Å². The Hall–Kier alpha value is -0.450. The van der Waals surface area contributed by atoms with E-state index >= 15 is 0 Å². The molecule has 1 N–H and O–H groups in total. The smallest absolute Gasteiger partial charge is 0.0795 e. The summed E-state index contributed by atoms with van der Waals surface area (Å²) in [6.45, 7) is 9.28. The van der Waals surface area contributed by atoms with Crippen molar-refractivity contribution in [1.82, 2.24) is 15.2 Å². The molecule has 0 radical (unpaired) electrons. The molecule has 1 aliphatic heterocycles. The largest absolute Gasteiger partial charge is 0.309 e. The summed E-state index contributed by atoms with van der Waals surface area (Å²) >= 11 is 1.67. The summed E-state index contributed by atoms with van der Waals surface area (Å²) in [7, 11) is 0. The minimum absolute atomic E-state index is 0.391. The van der Waals surface area contributed by atoms with Gasteiger partial charge in [0.15, 0.2) is 0 Å². The van der Waals surface area contributed by atoms with Crippen molar-refractivity contribution >= 4 is 11.3 Å². The quantitative estimate of drug-likeness (QED) is 0.853. The average molecular weight is 239 g/mol. The maximum Gasteiger partial charge on any atom is 0.0795 e. The van der Waals surface area contributed by atoms with E-state index in [-0.39, 0.29) is 0 Å². The van der Waals surface area contributed by atoms with Gasteiger partial charge < -0.3 is 10.2 Å². The van der Waals surface area contributed by atoms with Gasteiger partial charge in [-0.3, -0.25) is 0 Å². The van der Waals surface area contributed by atoms with E-state index in [0.717, 1.165) is 12.5 Å². The van der Waals surface area contributed by atoms with Crippen LogP contribution in [0.5, 0.6) is 0 Å². The van der Waals surface area contributed by atoms with Crippen molar-refractivity contribution in [3.8, 4) is 0 Å². The summed E-state index contributed by atoms with van der Waals surface area (Å²) in [5.74, 6) is 0.820. The number of aromatic nitrogens is 1. The number of nitrogens with zero attached hydrogens (tertiary/aromatic N) is 2. The molecule has 1 fully saturated rings. The minimum Gasteiger partial charge on any atom is -0.309 e. The van der Waals surface area contributed by atoms with E-state index in [1.54, 1.807) is 11.3 Å². The molecule has 0 amide bonds. The number of hydrogen-bond acceptors (Lipinski definition) is 4. The van der Waals surface area contributed by atoms with E-state index in [9.17, 15) is 0 Å². The van der Waals surface area contributed by atoms with Gasteiger partial charge in [0.05, 0.1) is 11.2 Å².